The second-order valence-electron chi connectivity index (χ2n) is 3.00. The van der Waals surface area contributed by atoms with Crippen molar-refractivity contribution in [2.75, 3.05) is 7.11 Å². The van der Waals surface area contributed by atoms with Gasteiger partial charge >= 0.3 is 0 Å². The highest BCUT2D eigenvalue weighted by Gasteiger charge is 2.07. The number of rotatable bonds is 1. The quantitative estimate of drug-likeness (QED) is 0.715. The van der Waals surface area contributed by atoms with E-state index in [4.69, 9.17) is 4.74 Å². The molecule has 1 aromatic carbocycles. The number of hydrogen-bond donors (Lipinski definition) is 1. The summed E-state index contributed by atoms with van der Waals surface area (Å²) in [6, 6.07) is 3.20. The molecule has 0 aliphatic carbocycles. The third-order valence-corrected chi connectivity index (χ3v) is 2.16. The molecule has 0 radical (unpaired) electrons. The first-order valence-electron chi connectivity index (χ1n) is 4.03. The molecular formula is C10H10FNO. The summed E-state index contributed by atoms with van der Waals surface area (Å²) >= 11 is 0. The Morgan fingerprint density at radius 1 is 1.38 bits per heavy atom. The molecular weight excluding hydrogens is 169 g/mol. The number of H-pyrrole nitrogens is 1. The summed E-state index contributed by atoms with van der Waals surface area (Å²) in [6.45, 7) is 1.93. The van der Waals surface area contributed by atoms with Crippen molar-refractivity contribution in [1.29, 1.82) is 0 Å². The fraction of sp³-hybridized carbons (Fsp3) is 0.200. The first-order valence-corrected chi connectivity index (χ1v) is 4.03. The van der Waals surface area contributed by atoms with Crippen molar-refractivity contribution >= 4 is 10.9 Å². The molecule has 0 spiro atoms. The fourth-order valence-corrected chi connectivity index (χ4v) is 1.42. The van der Waals surface area contributed by atoms with Gasteiger partial charge in [-0.1, -0.05) is 0 Å². The lowest BCUT2D eigenvalue weighted by Crippen LogP contribution is -1.85. The summed E-state index contributed by atoms with van der Waals surface area (Å²) in [5.74, 6) is 0.273. The average Bonchev–Trinajstić information content (AvgIpc) is 2.48. The van der Waals surface area contributed by atoms with Crippen LogP contribution in [-0.4, -0.2) is 12.1 Å². The van der Waals surface area contributed by atoms with E-state index in [1.807, 2.05) is 13.0 Å². The van der Waals surface area contributed by atoms with E-state index >= 15 is 0 Å². The van der Waals surface area contributed by atoms with E-state index in [2.05, 4.69) is 4.98 Å². The number of aromatic nitrogens is 1. The van der Waals surface area contributed by atoms with Crippen molar-refractivity contribution in [3.05, 3.63) is 29.7 Å². The molecule has 2 nitrogen and oxygen atoms in total. The van der Waals surface area contributed by atoms with Gasteiger partial charge in [-0.15, -0.1) is 0 Å². The smallest absolute Gasteiger partial charge is 0.150 e. The van der Waals surface area contributed by atoms with Gasteiger partial charge in [0.25, 0.3) is 0 Å². The molecule has 1 aromatic heterocycles. The van der Waals surface area contributed by atoms with Gasteiger partial charge in [-0.3, -0.25) is 0 Å². The van der Waals surface area contributed by atoms with Crippen LogP contribution in [0.4, 0.5) is 4.39 Å². The third kappa shape index (κ3) is 1.16. The van der Waals surface area contributed by atoms with E-state index in [1.54, 1.807) is 6.20 Å². The Morgan fingerprint density at radius 3 is 2.85 bits per heavy atom. The lowest BCUT2D eigenvalue weighted by molar-refractivity contribution is 0.412. The Balaban J connectivity index is 2.80. The lowest BCUT2D eigenvalue weighted by Gasteiger charge is -2.00. The molecule has 3 heteroatoms. The number of nitrogens with one attached hydrogen (secondary N) is 1. The second kappa shape index (κ2) is 2.76. The van der Waals surface area contributed by atoms with Crippen LogP contribution in [0, 0.1) is 12.7 Å². The first-order chi connectivity index (χ1) is 6.22. The Labute approximate surface area is 75.3 Å². The fourth-order valence-electron chi connectivity index (χ4n) is 1.42. The second-order valence-corrected chi connectivity index (χ2v) is 3.00. The molecule has 1 heterocycles. The highest BCUT2D eigenvalue weighted by atomic mass is 19.1. The summed E-state index contributed by atoms with van der Waals surface area (Å²) in [6.07, 6.45) is 1.78. The number of aromatic amines is 1. The maximum absolute atomic E-state index is 13.3. The number of halogens is 1. The monoisotopic (exact) mass is 179 g/mol. The standard InChI is InChI=1S/C10H10FNO/c1-6-5-12-10-8(6)3-7(13-2)4-9(10)11/h3-5,12H,1-2H3. The molecule has 0 atom stereocenters. The lowest BCUT2D eigenvalue weighted by atomic mass is 10.2. The maximum Gasteiger partial charge on any atom is 0.150 e. The highest BCUT2D eigenvalue weighted by Crippen LogP contribution is 2.25. The zero-order valence-corrected chi connectivity index (χ0v) is 7.52. The van der Waals surface area contributed by atoms with Crippen LogP contribution in [0.15, 0.2) is 18.3 Å². The molecule has 1 N–H and O–H groups in total. The molecule has 0 amide bonds. The molecule has 2 aromatic rings. The van der Waals surface area contributed by atoms with Gasteiger partial charge in [0.15, 0.2) is 5.82 Å². The van der Waals surface area contributed by atoms with Crippen LogP contribution < -0.4 is 4.74 Å². The maximum atomic E-state index is 13.3. The zero-order valence-electron chi connectivity index (χ0n) is 7.52. The summed E-state index contributed by atoms with van der Waals surface area (Å²) in [5.41, 5.74) is 1.56. The topological polar surface area (TPSA) is 25.0 Å². The van der Waals surface area contributed by atoms with Crippen molar-refractivity contribution in [3.63, 3.8) is 0 Å². The summed E-state index contributed by atoms with van der Waals surface area (Å²) in [5, 5.41) is 0.872. The van der Waals surface area contributed by atoms with E-state index in [9.17, 15) is 4.39 Å². The summed E-state index contributed by atoms with van der Waals surface area (Å²) in [4.78, 5) is 2.88. The van der Waals surface area contributed by atoms with Gasteiger partial charge in [-0.2, -0.15) is 0 Å². The summed E-state index contributed by atoms with van der Waals surface area (Å²) in [7, 11) is 1.53. The average molecular weight is 179 g/mol. The van der Waals surface area contributed by atoms with E-state index < -0.39 is 0 Å². The molecule has 0 aliphatic rings. The van der Waals surface area contributed by atoms with Gasteiger partial charge in [0.1, 0.15) is 5.75 Å². The number of ether oxygens (including phenoxy) is 1. The predicted molar refractivity (Wildman–Crippen MR) is 49.5 cm³/mol. The number of fused-ring (bicyclic) bond motifs is 1. The number of methoxy groups -OCH3 is 1. The SMILES string of the molecule is COc1cc(F)c2[nH]cc(C)c2c1. The van der Waals surface area contributed by atoms with Crippen molar-refractivity contribution in [1.82, 2.24) is 4.98 Å². The zero-order chi connectivity index (χ0) is 9.42. The van der Waals surface area contributed by atoms with Gasteiger partial charge < -0.3 is 9.72 Å². The minimum absolute atomic E-state index is 0.276. The molecule has 13 heavy (non-hydrogen) atoms. The summed E-state index contributed by atoms with van der Waals surface area (Å²) < 4.78 is 18.3. The largest absolute Gasteiger partial charge is 0.497 e. The Kier molecular flexibility index (Phi) is 1.72. The van der Waals surface area contributed by atoms with Crippen molar-refractivity contribution < 1.29 is 9.13 Å². The Hall–Kier alpha value is -1.51. The van der Waals surface area contributed by atoms with Crippen LogP contribution in [0.2, 0.25) is 0 Å². The van der Waals surface area contributed by atoms with Crippen LogP contribution in [0.5, 0.6) is 5.75 Å². The highest BCUT2D eigenvalue weighted by molar-refractivity contribution is 5.84. The molecule has 0 saturated carbocycles. The number of hydrogen-bond acceptors (Lipinski definition) is 1. The van der Waals surface area contributed by atoms with Crippen LogP contribution in [-0.2, 0) is 0 Å². The minimum atomic E-state index is -0.276. The molecule has 0 unspecified atom stereocenters. The predicted octanol–water partition coefficient (Wildman–Crippen LogP) is 2.62. The molecule has 0 saturated heterocycles. The van der Waals surface area contributed by atoms with Gasteiger partial charge in [-0.05, 0) is 18.6 Å². The molecule has 0 fully saturated rings. The minimum Gasteiger partial charge on any atom is -0.497 e. The van der Waals surface area contributed by atoms with E-state index in [1.165, 1.54) is 13.2 Å². The number of aryl methyl sites for hydroxylation is 1. The van der Waals surface area contributed by atoms with Crippen LogP contribution in [0.25, 0.3) is 10.9 Å². The van der Waals surface area contributed by atoms with Gasteiger partial charge in [0.2, 0.25) is 0 Å². The molecule has 2 rings (SSSR count). The van der Waals surface area contributed by atoms with Gasteiger partial charge in [-0.25, -0.2) is 4.39 Å². The van der Waals surface area contributed by atoms with Crippen molar-refractivity contribution in [3.8, 4) is 5.75 Å². The molecule has 68 valence electrons. The van der Waals surface area contributed by atoms with E-state index in [-0.39, 0.29) is 5.82 Å². The van der Waals surface area contributed by atoms with Crippen molar-refractivity contribution in [2.45, 2.75) is 6.92 Å². The Bertz CT molecular complexity index is 447. The normalized spacial score (nSPS) is 10.7. The van der Waals surface area contributed by atoms with Gasteiger partial charge in [0, 0.05) is 17.6 Å². The first kappa shape index (κ1) is 8.10. The Morgan fingerprint density at radius 2 is 2.15 bits per heavy atom. The van der Waals surface area contributed by atoms with E-state index in [0.717, 1.165) is 10.9 Å². The molecule has 0 aliphatic heterocycles. The van der Waals surface area contributed by atoms with Crippen LogP contribution >= 0.6 is 0 Å². The third-order valence-electron chi connectivity index (χ3n) is 2.16. The van der Waals surface area contributed by atoms with E-state index in [0.29, 0.717) is 11.3 Å². The van der Waals surface area contributed by atoms with Gasteiger partial charge in [0.05, 0.1) is 12.6 Å². The number of benzene rings is 1. The van der Waals surface area contributed by atoms with Crippen LogP contribution in [0.3, 0.4) is 0 Å². The molecule has 0 bridgehead atoms. The van der Waals surface area contributed by atoms with Crippen molar-refractivity contribution in [2.24, 2.45) is 0 Å². The van der Waals surface area contributed by atoms with Crippen LogP contribution in [0.1, 0.15) is 5.56 Å².